The zero-order valence-corrected chi connectivity index (χ0v) is 18.8. The molecule has 4 aromatic rings. The van der Waals surface area contributed by atoms with Crippen molar-refractivity contribution >= 4 is 23.3 Å². The van der Waals surface area contributed by atoms with Crippen molar-refractivity contribution in [3.63, 3.8) is 0 Å². The summed E-state index contributed by atoms with van der Waals surface area (Å²) in [4.78, 5) is 12.8. The average Bonchev–Trinajstić information content (AvgIpc) is 3.36. The highest BCUT2D eigenvalue weighted by atomic mass is 35.5. The van der Waals surface area contributed by atoms with Crippen molar-refractivity contribution in [1.82, 2.24) is 14.9 Å². The van der Waals surface area contributed by atoms with E-state index in [4.69, 9.17) is 20.9 Å². The zero-order chi connectivity index (χ0) is 22.7. The zero-order valence-electron chi connectivity index (χ0n) is 18.1. The van der Waals surface area contributed by atoms with E-state index in [-0.39, 0.29) is 12.3 Å². The summed E-state index contributed by atoms with van der Waals surface area (Å²) < 4.78 is 12.9. The standard InChI is InChI=1S/C24H23ClN4O3/c1-15-8-9-16(2)21(12-15)31-14-19-17(3)32-28-23(19)24(30)26-22-10-11-29(27-22)13-18-6-4-5-7-20(18)25/h4-12H,13-14H2,1-3H3,(H,26,27,30). The summed E-state index contributed by atoms with van der Waals surface area (Å²) in [6.07, 6.45) is 1.78. The van der Waals surface area contributed by atoms with E-state index in [1.807, 2.05) is 56.3 Å². The molecule has 1 amide bonds. The third kappa shape index (κ3) is 4.84. The quantitative estimate of drug-likeness (QED) is 0.411. The van der Waals surface area contributed by atoms with Crippen LogP contribution in [0.2, 0.25) is 5.02 Å². The van der Waals surface area contributed by atoms with Crippen LogP contribution in [0.4, 0.5) is 5.82 Å². The number of ether oxygens (including phenoxy) is 1. The number of nitrogens with zero attached hydrogens (tertiary/aromatic N) is 3. The van der Waals surface area contributed by atoms with E-state index in [0.717, 1.165) is 22.4 Å². The Morgan fingerprint density at radius 1 is 1.16 bits per heavy atom. The van der Waals surface area contributed by atoms with Gasteiger partial charge in [-0.2, -0.15) is 5.10 Å². The molecule has 0 aliphatic rings. The Labute approximate surface area is 190 Å². The van der Waals surface area contributed by atoms with Crippen molar-refractivity contribution < 1.29 is 14.1 Å². The van der Waals surface area contributed by atoms with E-state index in [9.17, 15) is 4.79 Å². The lowest BCUT2D eigenvalue weighted by molar-refractivity contribution is 0.101. The first-order valence-corrected chi connectivity index (χ1v) is 10.5. The van der Waals surface area contributed by atoms with Crippen LogP contribution in [0.1, 0.15) is 38.5 Å². The van der Waals surface area contributed by atoms with Gasteiger partial charge in [0, 0.05) is 17.3 Å². The van der Waals surface area contributed by atoms with Gasteiger partial charge in [-0.3, -0.25) is 9.48 Å². The predicted molar refractivity (Wildman–Crippen MR) is 122 cm³/mol. The van der Waals surface area contributed by atoms with E-state index in [2.05, 4.69) is 15.6 Å². The molecule has 0 saturated carbocycles. The average molecular weight is 451 g/mol. The number of carbonyl (C=O) groups is 1. The molecule has 0 radical (unpaired) electrons. The first-order valence-electron chi connectivity index (χ1n) is 10.1. The summed E-state index contributed by atoms with van der Waals surface area (Å²) >= 11 is 6.22. The van der Waals surface area contributed by atoms with Gasteiger partial charge in [0.1, 0.15) is 18.1 Å². The minimum Gasteiger partial charge on any atom is -0.488 e. The van der Waals surface area contributed by atoms with Crippen molar-refractivity contribution in [3.8, 4) is 5.75 Å². The Hall–Kier alpha value is -3.58. The van der Waals surface area contributed by atoms with Crippen LogP contribution < -0.4 is 10.1 Å². The van der Waals surface area contributed by atoms with Gasteiger partial charge in [-0.05, 0) is 49.6 Å². The van der Waals surface area contributed by atoms with Crippen LogP contribution in [0.25, 0.3) is 0 Å². The Morgan fingerprint density at radius 2 is 1.97 bits per heavy atom. The van der Waals surface area contributed by atoms with E-state index in [0.29, 0.717) is 28.7 Å². The lowest BCUT2D eigenvalue weighted by Gasteiger charge is -2.10. The molecule has 0 unspecified atom stereocenters. The first-order chi connectivity index (χ1) is 15.4. The van der Waals surface area contributed by atoms with E-state index >= 15 is 0 Å². The van der Waals surface area contributed by atoms with Gasteiger partial charge in [0.25, 0.3) is 5.91 Å². The highest BCUT2D eigenvalue weighted by Crippen LogP contribution is 2.23. The van der Waals surface area contributed by atoms with Crippen molar-refractivity contribution in [2.24, 2.45) is 0 Å². The van der Waals surface area contributed by atoms with E-state index in [1.165, 1.54) is 0 Å². The molecule has 4 rings (SSSR count). The first kappa shape index (κ1) is 21.6. The number of aromatic nitrogens is 3. The number of aryl methyl sites for hydroxylation is 3. The molecule has 2 aromatic carbocycles. The summed E-state index contributed by atoms with van der Waals surface area (Å²) in [5.41, 5.74) is 3.82. The number of halogens is 1. The molecule has 1 N–H and O–H groups in total. The predicted octanol–water partition coefficient (Wildman–Crippen LogP) is 5.33. The molecule has 32 heavy (non-hydrogen) atoms. The summed E-state index contributed by atoms with van der Waals surface area (Å²) in [6.45, 7) is 6.39. The van der Waals surface area contributed by atoms with Crippen molar-refractivity contribution in [1.29, 1.82) is 0 Å². The monoisotopic (exact) mass is 450 g/mol. The van der Waals surface area contributed by atoms with E-state index < -0.39 is 5.91 Å². The lowest BCUT2D eigenvalue weighted by Crippen LogP contribution is -2.16. The maximum absolute atomic E-state index is 12.8. The number of anilines is 1. The van der Waals surface area contributed by atoms with Gasteiger partial charge in [0.2, 0.25) is 0 Å². The van der Waals surface area contributed by atoms with Crippen LogP contribution in [0.15, 0.2) is 59.3 Å². The Balaban J connectivity index is 1.45. The maximum Gasteiger partial charge on any atom is 0.279 e. The third-order valence-electron chi connectivity index (χ3n) is 5.09. The summed E-state index contributed by atoms with van der Waals surface area (Å²) in [5.74, 6) is 1.29. The fourth-order valence-electron chi connectivity index (χ4n) is 3.25. The number of hydrogen-bond acceptors (Lipinski definition) is 5. The molecule has 0 atom stereocenters. The normalized spacial score (nSPS) is 10.9. The minimum atomic E-state index is -0.413. The van der Waals surface area contributed by atoms with Gasteiger partial charge < -0.3 is 14.6 Å². The van der Waals surface area contributed by atoms with Gasteiger partial charge >= 0.3 is 0 Å². The second kappa shape index (κ2) is 9.28. The topological polar surface area (TPSA) is 82.2 Å². The number of amides is 1. The molecular formula is C24H23ClN4O3. The van der Waals surface area contributed by atoms with Crippen LogP contribution in [0.3, 0.4) is 0 Å². The molecule has 0 aliphatic carbocycles. The van der Waals surface area contributed by atoms with Crippen LogP contribution in [-0.2, 0) is 13.2 Å². The molecule has 0 fully saturated rings. The van der Waals surface area contributed by atoms with Gasteiger partial charge in [0.15, 0.2) is 11.5 Å². The summed E-state index contributed by atoms with van der Waals surface area (Å²) in [6, 6.07) is 15.3. The third-order valence-corrected chi connectivity index (χ3v) is 5.46. The number of carbonyl (C=O) groups excluding carboxylic acids is 1. The van der Waals surface area contributed by atoms with Crippen LogP contribution in [-0.4, -0.2) is 20.8 Å². The summed E-state index contributed by atoms with van der Waals surface area (Å²) in [5, 5.41) is 11.8. The van der Waals surface area contributed by atoms with E-state index in [1.54, 1.807) is 23.9 Å². The van der Waals surface area contributed by atoms with Gasteiger partial charge in [-0.1, -0.05) is 47.1 Å². The highest BCUT2D eigenvalue weighted by Gasteiger charge is 2.21. The molecule has 2 aromatic heterocycles. The molecule has 8 heteroatoms. The van der Waals surface area contributed by atoms with Crippen LogP contribution in [0, 0.1) is 20.8 Å². The van der Waals surface area contributed by atoms with Crippen molar-refractivity contribution in [3.05, 3.63) is 93.5 Å². The maximum atomic E-state index is 12.8. The summed E-state index contributed by atoms with van der Waals surface area (Å²) in [7, 11) is 0. The molecule has 0 aliphatic heterocycles. The number of benzene rings is 2. The second-order valence-corrected chi connectivity index (χ2v) is 7.97. The number of hydrogen-bond donors (Lipinski definition) is 1. The second-order valence-electron chi connectivity index (χ2n) is 7.57. The minimum absolute atomic E-state index is 0.170. The molecular weight excluding hydrogens is 428 g/mol. The fourth-order valence-corrected chi connectivity index (χ4v) is 3.44. The molecule has 7 nitrogen and oxygen atoms in total. The van der Waals surface area contributed by atoms with Crippen LogP contribution >= 0.6 is 11.6 Å². The Bertz CT molecular complexity index is 1260. The Kier molecular flexibility index (Phi) is 6.28. The fraction of sp³-hybridized carbons (Fsp3) is 0.208. The SMILES string of the molecule is Cc1ccc(C)c(OCc2c(C(=O)Nc3ccn(Cc4ccccc4Cl)n3)noc2C)c1. The molecule has 164 valence electrons. The van der Waals surface area contributed by atoms with Gasteiger partial charge in [-0.25, -0.2) is 0 Å². The smallest absolute Gasteiger partial charge is 0.279 e. The van der Waals surface area contributed by atoms with Crippen molar-refractivity contribution in [2.75, 3.05) is 5.32 Å². The molecule has 0 spiro atoms. The molecule has 2 heterocycles. The number of rotatable bonds is 7. The van der Waals surface area contributed by atoms with Gasteiger partial charge in [0.05, 0.1) is 12.1 Å². The van der Waals surface area contributed by atoms with Gasteiger partial charge in [-0.15, -0.1) is 0 Å². The number of nitrogens with one attached hydrogen (secondary N) is 1. The lowest BCUT2D eigenvalue weighted by atomic mass is 10.1. The largest absolute Gasteiger partial charge is 0.488 e. The van der Waals surface area contributed by atoms with Crippen LogP contribution in [0.5, 0.6) is 5.75 Å². The molecule has 0 bridgehead atoms. The van der Waals surface area contributed by atoms with Crippen molar-refractivity contribution in [2.45, 2.75) is 33.9 Å². The highest BCUT2D eigenvalue weighted by molar-refractivity contribution is 6.31. The Morgan fingerprint density at radius 3 is 2.78 bits per heavy atom. The molecule has 0 saturated heterocycles.